The van der Waals surface area contributed by atoms with Crippen molar-refractivity contribution in [3.8, 4) is 11.5 Å². The Bertz CT molecular complexity index is 596. The minimum atomic E-state index is 0.171. The Morgan fingerprint density at radius 2 is 1.83 bits per heavy atom. The number of aliphatic hydroxyl groups is 1. The van der Waals surface area contributed by atoms with Gasteiger partial charge < -0.3 is 19.9 Å². The molecular formula is C19H26NO3+. The summed E-state index contributed by atoms with van der Waals surface area (Å²) in [5.74, 6) is 1.57. The maximum absolute atomic E-state index is 8.94. The van der Waals surface area contributed by atoms with Crippen LogP contribution in [0.3, 0.4) is 0 Å². The average Bonchev–Trinajstić information content (AvgIpc) is 2.56. The molecule has 0 fully saturated rings. The summed E-state index contributed by atoms with van der Waals surface area (Å²) >= 11 is 0. The van der Waals surface area contributed by atoms with Crippen LogP contribution in [0.5, 0.6) is 11.5 Å². The zero-order valence-corrected chi connectivity index (χ0v) is 13.9. The molecule has 4 nitrogen and oxygen atoms in total. The normalized spacial score (nSPS) is 10.6. The Morgan fingerprint density at radius 1 is 1.04 bits per heavy atom. The van der Waals surface area contributed by atoms with Crippen LogP contribution in [0.25, 0.3) is 0 Å². The van der Waals surface area contributed by atoms with Gasteiger partial charge in [-0.2, -0.15) is 0 Å². The summed E-state index contributed by atoms with van der Waals surface area (Å²) < 4.78 is 11.8. The number of aliphatic hydroxyl groups excluding tert-OH is 1. The number of para-hydroxylation sites is 1. The van der Waals surface area contributed by atoms with Crippen molar-refractivity contribution < 1.29 is 19.9 Å². The minimum Gasteiger partial charge on any atom is -0.490 e. The zero-order valence-electron chi connectivity index (χ0n) is 13.9. The molecule has 0 saturated carbocycles. The molecule has 23 heavy (non-hydrogen) atoms. The zero-order chi connectivity index (χ0) is 16.5. The first-order chi connectivity index (χ1) is 11.2. The fourth-order valence-electron chi connectivity index (χ4n) is 2.34. The van der Waals surface area contributed by atoms with Gasteiger partial charge in [0, 0.05) is 0 Å². The van der Waals surface area contributed by atoms with Gasteiger partial charge in [-0.25, -0.2) is 0 Å². The third-order valence-electron chi connectivity index (χ3n) is 3.56. The number of ether oxygens (including phenoxy) is 2. The molecule has 0 radical (unpaired) electrons. The topological polar surface area (TPSA) is 55.3 Å². The summed E-state index contributed by atoms with van der Waals surface area (Å²) in [6.07, 6.45) is 0. The van der Waals surface area contributed by atoms with Crippen molar-refractivity contribution in [1.29, 1.82) is 0 Å². The van der Waals surface area contributed by atoms with E-state index in [1.165, 1.54) is 5.56 Å². The van der Waals surface area contributed by atoms with Crippen molar-refractivity contribution in [2.75, 3.05) is 19.8 Å². The highest BCUT2D eigenvalue weighted by atomic mass is 16.5. The molecule has 0 atom stereocenters. The maximum atomic E-state index is 8.94. The van der Waals surface area contributed by atoms with Crippen LogP contribution in [0.2, 0.25) is 0 Å². The second kappa shape index (κ2) is 9.18. The number of hydrogen-bond donors (Lipinski definition) is 2. The van der Waals surface area contributed by atoms with Crippen molar-refractivity contribution in [3.05, 3.63) is 59.2 Å². The molecule has 0 amide bonds. The smallest absolute Gasteiger partial charge is 0.170 e. The summed E-state index contributed by atoms with van der Waals surface area (Å²) in [6.45, 7) is 6.76. The number of hydrogen-bond acceptors (Lipinski definition) is 3. The van der Waals surface area contributed by atoms with E-state index >= 15 is 0 Å². The Hall–Kier alpha value is -2.04. The summed E-state index contributed by atoms with van der Waals surface area (Å²) in [4.78, 5) is 0. The molecule has 0 aliphatic heterocycles. The first kappa shape index (κ1) is 17.3. The van der Waals surface area contributed by atoms with E-state index < -0.39 is 0 Å². The minimum absolute atomic E-state index is 0.171. The summed E-state index contributed by atoms with van der Waals surface area (Å²) in [7, 11) is 0. The van der Waals surface area contributed by atoms with Gasteiger partial charge in [-0.1, -0.05) is 35.9 Å². The molecule has 0 unspecified atom stereocenters. The van der Waals surface area contributed by atoms with Crippen LogP contribution in [0.4, 0.5) is 0 Å². The fraction of sp³-hybridized carbons (Fsp3) is 0.368. The van der Waals surface area contributed by atoms with Gasteiger partial charge in [-0.15, -0.1) is 0 Å². The van der Waals surface area contributed by atoms with Gasteiger partial charge >= 0.3 is 0 Å². The van der Waals surface area contributed by atoms with E-state index in [4.69, 9.17) is 14.6 Å². The Kier molecular flexibility index (Phi) is 6.91. The van der Waals surface area contributed by atoms with E-state index in [2.05, 4.69) is 36.5 Å². The molecule has 0 aliphatic carbocycles. The monoisotopic (exact) mass is 316 g/mol. The first-order valence-corrected chi connectivity index (χ1v) is 8.10. The van der Waals surface area contributed by atoms with Gasteiger partial charge in [0.15, 0.2) is 11.5 Å². The molecule has 3 N–H and O–H groups in total. The van der Waals surface area contributed by atoms with Gasteiger partial charge in [-0.05, 0) is 31.5 Å². The number of aryl methyl sites for hydroxylation is 1. The highest BCUT2D eigenvalue weighted by Crippen LogP contribution is 2.31. The van der Waals surface area contributed by atoms with Gasteiger partial charge in [0.05, 0.1) is 25.3 Å². The molecular weight excluding hydrogens is 290 g/mol. The maximum Gasteiger partial charge on any atom is 0.170 e. The molecule has 0 aromatic heterocycles. The molecule has 4 heteroatoms. The quantitative estimate of drug-likeness (QED) is 0.696. The van der Waals surface area contributed by atoms with E-state index in [-0.39, 0.29) is 6.61 Å². The van der Waals surface area contributed by atoms with Crippen molar-refractivity contribution in [2.24, 2.45) is 0 Å². The van der Waals surface area contributed by atoms with Gasteiger partial charge in [0.1, 0.15) is 13.2 Å². The van der Waals surface area contributed by atoms with Crippen molar-refractivity contribution >= 4 is 0 Å². The SMILES string of the molecule is CCOc1cccc(C[NH2+]CCO)c1OCc1ccc(C)cc1. The molecule has 0 aliphatic rings. The molecule has 2 rings (SSSR count). The van der Waals surface area contributed by atoms with E-state index in [0.717, 1.165) is 29.2 Å². The van der Waals surface area contributed by atoms with E-state index in [1.807, 2.05) is 25.1 Å². The lowest BCUT2D eigenvalue weighted by Crippen LogP contribution is -2.83. The molecule has 2 aromatic rings. The highest BCUT2D eigenvalue weighted by Gasteiger charge is 2.12. The molecule has 2 aromatic carbocycles. The standard InChI is InChI=1S/C19H25NO3/c1-3-22-18-6-4-5-17(13-20-11-12-21)19(18)23-14-16-9-7-15(2)8-10-16/h4-10,20-21H,3,11-14H2,1-2H3/p+1. The van der Waals surface area contributed by atoms with Gasteiger partial charge in [0.25, 0.3) is 0 Å². The van der Waals surface area contributed by atoms with Crippen LogP contribution in [-0.2, 0) is 13.2 Å². The Balaban J connectivity index is 2.13. The van der Waals surface area contributed by atoms with Crippen LogP contribution in [-0.4, -0.2) is 24.9 Å². The number of nitrogens with two attached hydrogens (primary N) is 1. The van der Waals surface area contributed by atoms with Crippen LogP contribution in [0, 0.1) is 6.92 Å². The van der Waals surface area contributed by atoms with Gasteiger partial charge in [0.2, 0.25) is 0 Å². The Labute approximate surface area is 138 Å². The predicted octanol–water partition coefficient (Wildman–Crippen LogP) is 2.03. The second-order valence-electron chi connectivity index (χ2n) is 5.46. The van der Waals surface area contributed by atoms with E-state index in [1.54, 1.807) is 0 Å². The van der Waals surface area contributed by atoms with Crippen molar-refractivity contribution in [1.82, 2.24) is 0 Å². The third-order valence-corrected chi connectivity index (χ3v) is 3.56. The number of quaternary nitrogens is 1. The second-order valence-corrected chi connectivity index (χ2v) is 5.46. The molecule has 0 bridgehead atoms. The summed E-state index contributed by atoms with van der Waals surface area (Å²) in [5, 5.41) is 11.0. The fourth-order valence-corrected chi connectivity index (χ4v) is 2.34. The van der Waals surface area contributed by atoms with Crippen molar-refractivity contribution in [3.63, 3.8) is 0 Å². The van der Waals surface area contributed by atoms with Crippen LogP contribution in [0.1, 0.15) is 23.6 Å². The molecule has 124 valence electrons. The summed E-state index contributed by atoms with van der Waals surface area (Å²) in [5.41, 5.74) is 3.45. The van der Waals surface area contributed by atoms with Crippen LogP contribution >= 0.6 is 0 Å². The van der Waals surface area contributed by atoms with Crippen molar-refractivity contribution in [2.45, 2.75) is 27.0 Å². The predicted molar refractivity (Wildman–Crippen MR) is 90.7 cm³/mol. The van der Waals surface area contributed by atoms with E-state index in [0.29, 0.717) is 19.8 Å². The Morgan fingerprint density at radius 3 is 2.52 bits per heavy atom. The lowest BCUT2D eigenvalue weighted by molar-refractivity contribution is -0.671. The van der Waals surface area contributed by atoms with Crippen LogP contribution in [0.15, 0.2) is 42.5 Å². The molecule has 0 heterocycles. The van der Waals surface area contributed by atoms with Gasteiger partial charge in [-0.3, -0.25) is 0 Å². The number of benzene rings is 2. The molecule has 0 spiro atoms. The molecule has 0 saturated heterocycles. The highest BCUT2D eigenvalue weighted by molar-refractivity contribution is 5.46. The lowest BCUT2D eigenvalue weighted by atomic mass is 10.1. The van der Waals surface area contributed by atoms with Crippen LogP contribution < -0.4 is 14.8 Å². The van der Waals surface area contributed by atoms with E-state index in [9.17, 15) is 0 Å². The average molecular weight is 316 g/mol. The lowest BCUT2D eigenvalue weighted by Gasteiger charge is -2.15. The number of rotatable bonds is 9. The third kappa shape index (κ3) is 5.27. The first-order valence-electron chi connectivity index (χ1n) is 8.10. The largest absolute Gasteiger partial charge is 0.490 e. The summed E-state index contributed by atoms with van der Waals surface area (Å²) in [6, 6.07) is 14.3.